The van der Waals surface area contributed by atoms with E-state index in [4.69, 9.17) is 17.3 Å². The third-order valence-electron chi connectivity index (χ3n) is 1.83. The highest BCUT2D eigenvalue weighted by Gasteiger charge is 2.17. The molecule has 1 aromatic rings. The van der Waals surface area contributed by atoms with Crippen LogP contribution in [0, 0.1) is 22.9 Å². The van der Waals surface area contributed by atoms with Gasteiger partial charge in [-0.05, 0) is 18.6 Å². The fourth-order valence-electron chi connectivity index (χ4n) is 1.18. The molecule has 0 fully saturated rings. The molecule has 0 amide bonds. The average molecular weight is 246 g/mol. The van der Waals surface area contributed by atoms with Crippen molar-refractivity contribution in [3.63, 3.8) is 0 Å². The summed E-state index contributed by atoms with van der Waals surface area (Å²) >= 11 is 5.42. The van der Waals surface area contributed by atoms with Crippen molar-refractivity contribution in [2.24, 2.45) is 10.7 Å². The average Bonchev–Trinajstić information content (AvgIpc) is 2.20. The number of aryl methyl sites for hydroxylation is 1. The molecule has 0 aliphatic heterocycles. The number of hydrogen-bond donors (Lipinski definition) is 1. The molecule has 1 aromatic carbocycles. The Balaban J connectivity index is 3.41. The molecular weight excluding hydrogens is 237 g/mol. The Labute approximate surface area is 95.9 Å². The fourth-order valence-corrected chi connectivity index (χ4v) is 1.24. The Morgan fingerprint density at radius 1 is 1.69 bits per heavy atom. The zero-order valence-corrected chi connectivity index (χ0v) is 9.16. The van der Waals surface area contributed by atoms with E-state index >= 15 is 0 Å². The molecule has 0 bridgehead atoms. The lowest BCUT2D eigenvalue weighted by molar-refractivity contribution is -0.384. The van der Waals surface area contributed by atoms with Crippen LogP contribution in [-0.2, 0) is 0 Å². The molecule has 0 atom stereocenters. The molecule has 0 aromatic heterocycles. The lowest BCUT2D eigenvalue weighted by atomic mass is 10.1. The van der Waals surface area contributed by atoms with Gasteiger partial charge in [0.2, 0.25) is 0 Å². The van der Waals surface area contributed by atoms with E-state index in [1.165, 1.54) is 6.92 Å². The third-order valence-corrected chi connectivity index (χ3v) is 2.11. The van der Waals surface area contributed by atoms with E-state index in [0.29, 0.717) is 5.56 Å². The maximum atomic E-state index is 13.0. The van der Waals surface area contributed by atoms with Crippen molar-refractivity contribution in [3.8, 4) is 0 Å². The van der Waals surface area contributed by atoms with E-state index in [1.54, 1.807) is 0 Å². The molecule has 16 heavy (non-hydrogen) atoms. The Morgan fingerprint density at radius 2 is 2.31 bits per heavy atom. The van der Waals surface area contributed by atoms with Gasteiger partial charge in [0.25, 0.3) is 5.69 Å². The van der Waals surface area contributed by atoms with Gasteiger partial charge in [0.15, 0.2) is 0 Å². The third kappa shape index (κ3) is 2.66. The zero-order chi connectivity index (χ0) is 12.3. The molecule has 7 heteroatoms. The van der Waals surface area contributed by atoms with E-state index in [9.17, 15) is 14.5 Å². The highest BCUT2D eigenvalue weighted by molar-refractivity contribution is 6.28. The lowest BCUT2D eigenvalue weighted by Crippen LogP contribution is -2.12. The minimum absolute atomic E-state index is 0.0320. The van der Waals surface area contributed by atoms with Crippen LogP contribution in [0.15, 0.2) is 17.1 Å². The van der Waals surface area contributed by atoms with Crippen molar-refractivity contribution in [1.29, 1.82) is 0 Å². The minimum Gasteiger partial charge on any atom is -0.386 e. The van der Waals surface area contributed by atoms with Gasteiger partial charge in [-0.1, -0.05) is 0 Å². The number of nitro groups is 1. The van der Waals surface area contributed by atoms with Crippen LogP contribution in [0.2, 0.25) is 0 Å². The first-order valence-corrected chi connectivity index (χ1v) is 4.82. The molecule has 1 rings (SSSR count). The molecule has 0 radical (unpaired) electrons. The molecule has 2 N–H and O–H groups in total. The van der Waals surface area contributed by atoms with Crippen molar-refractivity contribution < 1.29 is 9.31 Å². The Kier molecular flexibility index (Phi) is 3.78. The van der Waals surface area contributed by atoms with Gasteiger partial charge in [-0.25, -0.2) is 9.38 Å². The molecule has 0 spiro atoms. The van der Waals surface area contributed by atoms with E-state index in [2.05, 4.69) is 4.99 Å². The first-order valence-electron chi connectivity index (χ1n) is 4.29. The smallest absolute Gasteiger partial charge is 0.298 e. The van der Waals surface area contributed by atoms with E-state index in [-0.39, 0.29) is 17.4 Å². The second-order valence-corrected chi connectivity index (χ2v) is 3.35. The molecule has 0 saturated carbocycles. The number of nitrogens with two attached hydrogens (primary N) is 1. The SMILES string of the molecule is Cc1cc(F)cc([N+](=O)[O-])c1N=C(N)CCl. The van der Waals surface area contributed by atoms with Crippen molar-refractivity contribution in [2.75, 3.05) is 5.88 Å². The van der Waals surface area contributed by atoms with E-state index in [1.807, 2.05) is 0 Å². The fraction of sp³-hybridized carbons (Fsp3) is 0.222. The summed E-state index contributed by atoms with van der Waals surface area (Å²) in [5.74, 6) is -0.694. The molecule has 0 aliphatic carbocycles. The number of hydrogen-bond acceptors (Lipinski definition) is 3. The quantitative estimate of drug-likeness (QED) is 0.292. The molecule has 0 saturated heterocycles. The van der Waals surface area contributed by atoms with Crippen molar-refractivity contribution in [1.82, 2.24) is 0 Å². The van der Waals surface area contributed by atoms with Crippen LogP contribution in [0.1, 0.15) is 5.56 Å². The second kappa shape index (κ2) is 4.89. The summed E-state index contributed by atoms with van der Waals surface area (Å²) in [6.07, 6.45) is 0. The summed E-state index contributed by atoms with van der Waals surface area (Å²) in [5, 5.41) is 10.7. The van der Waals surface area contributed by atoms with Gasteiger partial charge < -0.3 is 5.73 Å². The van der Waals surface area contributed by atoms with Gasteiger partial charge in [0, 0.05) is 0 Å². The lowest BCUT2D eigenvalue weighted by Gasteiger charge is -2.03. The molecule has 5 nitrogen and oxygen atoms in total. The van der Waals surface area contributed by atoms with Gasteiger partial charge in [-0.15, -0.1) is 11.6 Å². The standard InChI is InChI=1S/C9H9ClFN3O2/c1-5-2-6(11)3-7(14(15)16)9(5)13-8(12)4-10/h2-3H,4H2,1H3,(H2,12,13). The van der Waals surface area contributed by atoms with Crippen LogP contribution in [0.25, 0.3) is 0 Å². The van der Waals surface area contributed by atoms with Crippen molar-refractivity contribution >= 4 is 28.8 Å². The van der Waals surface area contributed by atoms with E-state index in [0.717, 1.165) is 12.1 Å². The maximum Gasteiger partial charge on any atom is 0.298 e. The summed E-state index contributed by atoms with van der Waals surface area (Å²) in [6.45, 7) is 1.51. The summed E-state index contributed by atoms with van der Waals surface area (Å²) in [5.41, 5.74) is 5.32. The Hall–Kier alpha value is -1.69. The number of nitrogens with zero attached hydrogens (tertiary/aromatic N) is 2. The number of alkyl halides is 1. The number of benzene rings is 1. The zero-order valence-electron chi connectivity index (χ0n) is 8.41. The number of rotatable bonds is 3. The summed E-state index contributed by atoms with van der Waals surface area (Å²) < 4.78 is 13.0. The van der Waals surface area contributed by atoms with Gasteiger partial charge in [0.1, 0.15) is 17.3 Å². The van der Waals surface area contributed by atoms with Crippen LogP contribution in [0.3, 0.4) is 0 Å². The van der Waals surface area contributed by atoms with Crippen LogP contribution in [-0.4, -0.2) is 16.6 Å². The molecule has 0 aliphatic rings. The van der Waals surface area contributed by atoms with Crippen LogP contribution in [0.4, 0.5) is 15.8 Å². The van der Waals surface area contributed by atoms with Gasteiger partial charge in [0.05, 0.1) is 16.9 Å². The van der Waals surface area contributed by atoms with E-state index < -0.39 is 16.4 Å². The Bertz CT molecular complexity index is 462. The second-order valence-electron chi connectivity index (χ2n) is 3.08. The summed E-state index contributed by atoms with van der Waals surface area (Å²) in [4.78, 5) is 13.8. The van der Waals surface area contributed by atoms with Gasteiger partial charge >= 0.3 is 0 Å². The highest BCUT2D eigenvalue weighted by atomic mass is 35.5. The topological polar surface area (TPSA) is 81.5 Å². The minimum atomic E-state index is -0.712. The van der Waals surface area contributed by atoms with Crippen LogP contribution in [0.5, 0.6) is 0 Å². The van der Waals surface area contributed by atoms with Gasteiger partial charge in [-0.2, -0.15) is 0 Å². The molecule has 86 valence electrons. The normalized spacial score (nSPS) is 11.6. The maximum absolute atomic E-state index is 13.0. The van der Waals surface area contributed by atoms with Crippen LogP contribution >= 0.6 is 11.6 Å². The number of amidine groups is 1. The Morgan fingerprint density at radius 3 is 2.81 bits per heavy atom. The highest BCUT2D eigenvalue weighted by Crippen LogP contribution is 2.31. The molecular formula is C9H9ClFN3O2. The number of halogens is 2. The molecule has 0 unspecified atom stereocenters. The monoisotopic (exact) mass is 245 g/mol. The molecule has 0 heterocycles. The summed E-state index contributed by atoms with van der Waals surface area (Å²) in [6, 6.07) is 1.95. The largest absolute Gasteiger partial charge is 0.386 e. The first-order chi connectivity index (χ1) is 7.45. The number of nitro benzene ring substituents is 1. The summed E-state index contributed by atoms with van der Waals surface area (Å²) in [7, 11) is 0. The van der Waals surface area contributed by atoms with Gasteiger partial charge in [-0.3, -0.25) is 10.1 Å². The predicted molar refractivity (Wildman–Crippen MR) is 59.8 cm³/mol. The first kappa shape index (κ1) is 12.4. The van der Waals surface area contributed by atoms with Crippen LogP contribution < -0.4 is 5.73 Å². The van der Waals surface area contributed by atoms with Crippen molar-refractivity contribution in [2.45, 2.75) is 6.92 Å². The van der Waals surface area contributed by atoms with Crippen molar-refractivity contribution in [3.05, 3.63) is 33.6 Å². The number of aliphatic imine (C=N–C) groups is 1. The predicted octanol–water partition coefficient (Wildman–Crippen LogP) is 2.27.